The van der Waals surface area contributed by atoms with Crippen molar-refractivity contribution in [3.05, 3.63) is 12.1 Å². The molecule has 2 aliphatic rings. The van der Waals surface area contributed by atoms with Crippen molar-refractivity contribution in [3.63, 3.8) is 0 Å². The summed E-state index contributed by atoms with van der Waals surface area (Å²) < 4.78 is 5.64. The van der Waals surface area contributed by atoms with Crippen molar-refractivity contribution in [2.45, 2.75) is 45.6 Å². The van der Waals surface area contributed by atoms with E-state index in [2.05, 4.69) is 10.3 Å². The van der Waals surface area contributed by atoms with Gasteiger partial charge in [0.1, 0.15) is 5.82 Å². The summed E-state index contributed by atoms with van der Waals surface area (Å²) in [5, 5.41) is 3.48. The third-order valence-corrected chi connectivity index (χ3v) is 4.21. The third kappa shape index (κ3) is 3.35. The van der Waals surface area contributed by atoms with Crippen LogP contribution >= 0.6 is 0 Å². The Bertz CT molecular complexity index is 455. The molecule has 2 fully saturated rings. The van der Waals surface area contributed by atoms with Crippen LogP contribution in [0.1, 0.15) is 39.5 Å². The molecule has 2 aliphatic carbocycles. The summed E-state index contributed by atoms with van der Waals surface area (Å²) in [5.74, 6) is 4.16. The van der Waals surface area contributed by atoms with E-state index in [9.17, 15) is 0 Å². The molecule has 0 amide bonds. The molecule has 1 aromatic heterocycles. The third-order valence-electron chi connectivity index (χ3n) is 4.21. The topological polar surface area (TPSA) is 60.2 Å². The Morgan fingerprint density at radius 3 is 2.45 bits per heavy atom. The fourth-order valence-electron chi connectivity index (χ4n) is 2.86. The number of anilines is 2. The van der Waals surface area contributed by atoms with Crippen molar-refractivity contribution in [1.29, 1.82) is 0 Å². The van der Waals surface area contributed by atoms with Crippen LogP contribution in [0.25, 0.3) is 0 Å². The van der Waals surface area contributed by atoms with Gasteiger partial charge in [-0.1, -0.05) is 0 Å². The van der Waals surface area contributed by atoms with Gasteiger partial charge in [0.05, 0.1) is 11.8 Å². The Kier molecular flexibility index (Phi) is 3.72. The second-order valence-corrected chi connectivity index (χ2v) is 6.48. The van der Waals surface area contributed by atoms with E-state index in [1.54, 1.807) is 0 Å². The number of nitrogen functional groups attached to an aromatic ring is 1. The van der Waals surface area contributed by atoms with E-state index >= 15 is 0 Å². The minimum atomic E-state index is 0.0886. The molecule has 2 saturated carbocycles. The standard InChI is InChI=1S/C16H25N3O/c1-10(2)20-16-14(17)7-8-15(19-16)18-9-13(11-3-4-11)12-5-6-12/h7-8,10-13H,3-6,9,17H2,1-2H3,(H,18,19). The van der Waals surface area contributed by atoms with Gasteiger partial charge in [-0.15, -0.1) is 0 Å². The van der Waals surface area contributed by atoms with Crippen LogP contribution in [0.2, 0.25) is 0 Å². The molecule has 1 aromatic rings. The lowest BCUT2D eigenvalue weighted by molar-refractivity contribution is 0.234. The summed E-state index contributed by atoms with van der Waals surface area (Å²) >= 11 is 0. The van der Waals surface area contributed by atoms with Crippen LogP contribution in [0.5, 0.6) is 5.88 Å². The first-order chi connectivity index (χ1) is 9.63. The molecule has 20 heavy (non-hydrogen) atoms. The smallest absolute Gasteiger partial charge is 0.239 e. The molecule has 0 radical (unpaired) electrons. The van der Waals surface area contributed by atoms with E-state index in [4.69, 9.17) is 10.5 Å². The lowest BCUT2D eigenvalue weighted by atomic mass is 9.98. The average molecular weight is 275 g/mol. The van der Waals surface area contributed by atoms with Gasteiger partial charge in [0.2, 0.25) is 5.88 Å². The predicted octanol–water partition coefficient (Wildman–Crippen LogP) is 3.30. The van der Waals surface area contributed by atoms with Gasteiger partial charge in [0, 0.05) is 6.54 Å². The Labute approximate surface area is 121 Å². The highest BCUT2D eigenvalue weighted by molar-refractivity contribution is 5.53. The van der Waals surface area contributed by atoms with Crippen molar-refractivity contribution < 1.29 is 4.74 Å². The van der Waals surface area contributed by atoms with Crippen LogP contribution in [0.4, 0.5) is 11.5 Å². The van der Waals surface area contributed by atoms with Gasteiger partial charge in [-0.2, -0.15) is 4.98 Å². The maximum atomic E-state index is 5.89. The molecular weight excluding hydrogens is 250 g/mol. The first kappa shape index (κ1) is 13.5. The first-order valence-corrected chi connectivity index (χ1v) is 7.80. The Morgan fingerprint density at radius 1 is 1.25 bits per heavy atom. The van der Waals surface area contributed by atoms with Crippen LogP contribution in [0.15, 0.2) is 12.1 Å². The second-order valence-electron chi connectivity index (χ2n) is 6.48. The Hall–Kier alpha value is -1.45. The molecule has 3 N–H and O–H groups in total. The van der Waals surface area contributed by atoms with Crippen molar-refractivity contribution in [1.82, 2.24) is 4.98 Å². The van der Waals surface area contributed by atoms with E-state index < -0.39 is 0 Å². The van der Waals surface area contributed by atoms with E-state index in [0.717, 1.165) is 30.1 Å². The number of hydrogen-bond donors (Lipinski definition) is 2. The minimum absolute atomic E-state index is 0.0886. The maximum Gasteiger partial charge on any atom is 0.239 e. The lowest BCUT2D eigenvalue weighted by Crippen LogP contribution is -2.19. The van der Waals surface area contributed by atoms with Crippen LogP contribution in [-0.4, -0.2) is 17.6 Å². The van der Waals surface area contributed by atoms with Crippen LogP contribution < -0.4 is 15.8 Å². The normalized spacial score (nSPS) is 18.6. The molecule has 0 atom stereocenters. The molecule has 4 nitrogen and oxygen atoms in total. The summed E-state index contributed by atoms with van der Waals surface area (Å²) in [5.41, 5.74) is 6.50. The molecule has 0 spiro atoms. The lowest BCUT2D eigenvalue weighted by Gasteiger charge is -2.17. The molecule has 1 heterocycles. The van der Waals surface area contributed by atoms with E-state index in [0.29, 0.717) is 11.6 Å². The second kappa shape index (κ2) is 5.51. The van der Waals surface area contributed by atoms with Gasteiger partial charge in [0.25, 0.3) is 0 Å². The molecule has 4 heteroatoms. The SMILES string of the molecule is CC(C)Oc1nc(NCC(C2CC2)C2CC2)ccc1N. The zero-order chi connectivity index (χ0) is 14.1. The van der Waals surface area contributed by atoms with Gasteiger partial charge in [-0.3, -0.25) is 0 Å². The van der Waals surface area contributed by atoms with Crippen LogP contribution in [-0.2, 0) is 0 Å². The van der Waals surface area contributed by atoms with Crippen molar-refractivity contribution in [2.24, 2.45) is 17.8 Å². The Balaban J connectivity index is 1.61. The monoisotopic (exact) mass is 275 g/mol. The summed E-state index contributed by atoms with van der Waals surface area (Å²) in [6, 6.07) is 3.82. The highest BCUT2D eigenvalue weighted by atomic mass is 16.5. The molecule has 110 valence electrons. The van der Waals surface area contributed by atoms with Gasteiger partial charge in [0.15, 0.2) is 0 Å². The number of aromatic nitrogens is 1. The van der Waals surface area contributed by atoms with Crippen LogP contribution in [0.3, 0.4) is 0 Å². The van der Waals surface area contributed by atoms with E-state index in [-0.39, 0.29) is 6.10 Å². The van der Waals surface area contributed by atoms with Gasteiger partial charge in [-0.25, -0.2) is 0 Å². The number of nitrogens with one attached hydrogen (secondary N) is 1. The van der Waals surface area contributed by atoms with Crippen LogP contribution in [0, 0.1) is 17.8 Å². The average Bonchev–Trinajstić information content (AvgIpc) is 3.25. The summed E-state index contributed by atoms with van der Waals surface area (Å²) in [6.45, 7) is 5.00. The fraction of sp³-hybridized carbons (Fsp3) is 0.688. The zero-order valence-corrected chi connectivity index (χ0v) is 12.4. The number of ether oxygens (including phenoxy) is 1. The van der Waals surface area contributed by atoms with Gasteiger partial charge >= 0.3 is 0 Å². The number of nitrogens with zero attached hydrogens (tertiary/aromatic N) is 1. The first-order valence-electron chi connectivity index (χ1n) is 7.80. The fourth-order valence-corrected chi connectivity index (χ4v) is 2.86. The molecule has 0 saturated heterocycles. The predicted molar refractivity (Wildman–Crippen MR) is 81.8 cm³/mol. The van der Waals surface area contributed by atoms with E-state index in [1.807, 2.05) is 26.0 Å². The van der Waals surface area contributed by atoms with Crippen molar-refractivity contribution in [2.75, 3.05) is 17.6 Å². The number of pyridine rings is 1. The maximum absolute atomic E-state index is 5.89. The zero-order valence-electron chi connectivity index (χ0n) is 12.4. The van der Waals surface area contributed by atoms with Gasteiger partial charge < -0.3 is 15.8 Å². The van der Waals surface area contributed by atoms with Crippen molar-refractivity contribution >= 4 is 11.5 Å². The number of rotatable bonds is 7. The summed E-state index contributed by atoms with van der Waals surface area (Å²) in [7, 11) is 0. The van der Waals surface area contributed by atoms with Gasteiger partial charge in [-0.05, 0) is 69.4 Å². The molecule has 0 unspecified atom stereocenters. The Morgan fingerprint density at radius 2 is 1.90 bits per heavy atom. The molecule has 3 rings (SSSR count). The number of nitrogens with two attached hydrogens (primary N) is 1. The summed E-state index contributed by atoms with van der Waals surface area (Å²) in [4.78, 5) is 4.49. The molecule has 0 aromatic carbocycles. The highest BCUT2D eigenvalue weighted by Gasteiger charge is 2.41. The summed E-state index contributed by atoms with van der Waals surface area (Å²) in [6.07, 6.45) is 5.75. The highest BCUT2D eigenvalue weighted by Crippen LogP contribution is 2.49. The van der Waals surface area contributed by atoms with E-state index in [1.165, 1.54) is 25.7 Å². The largest absolute Gasteiger partial charge is 0.473 e. The quantitative estimate of drug-likeness (QED) is 0.801. The molecule has 0 bridgehead atoms. The minimum Gasteiger partial charge on any atom is -0.473 e. The molecule has 0 aliphatic heterocycles. The van der Waals surface area contributed by atoms with Crippen molar-refractivity contribution in [3.8, 4) is 5.88 Å². The molecular formula is C16H25N3O. The number of hydrogen-bond acceptors (Lipinski definition) is 4.